The van der Waals surface area contributed by atoms with Crippen molar-refractivity contribution in [2.75, 3.05) is 19.6 Å². The van der Waals surface area contributed by atoms with Gasteiger partial charge in [0, 0.05) is 0 Å². The van der Waals surface area contributed by atoms with Gasteiger partial charge in [-0.2, -0.15) is 8.42 Å². The molecule has 0 heterocycles. The van der Waals surface area contributed by atoms with Gasteiger partial charge in [0.15, 0.2) is 0 Å². The second-order valence-electron chi connectivity index (χ2n) is 2.21. The fourth-order valence-corrected chi connectivity index (χ4v) is 0.671. The Morgan fingerprint density at radius 2 is 1.17 bits per heavy atom. The predicted octanol–water partition coefficient (Wildman–Crippen LogP) is -0.503. The normalized spacial score (nSPS) is 10.8. The SMILES string of the molecule is CCN(CC)CC.NS(N)(=O)=O. The van der Waals surface area contributed by atoms with Gasteiger partial charge >= 0.3 is 0 Å². The van der Waals surface area contributed by atoms with E-state index in [9.17, 15) is 8.42 Å². The van der Waals surface area contributed by atoms with Crippen LogP contribution in [0.5, 0.6) is 0 Å². The molecule has 0 unspecified atom stereocenters. The lowest BCUT2D eigenvalue weighted by Gasteiger charge is -2.13. The quantitative estimate of drug-likeness (QED) is 0.639. The molecule has 5 nitrogen and oxygen atoms in total. The molecule has 0 aromatic carbocycles. The minimum atomic E-state index is -3.67. The third-order valence-corrected chi connectivity index (χ3v) is 1.34. The molecule has 0 aliphatic rings. The van der Waals surface area contributed by atoms with Crippen molar-refractivity contribution >= 4 is 10.2 Å². The Kier molecular flexibility index (Phi) is 8.95. The van der Waals surface area contributed by atoms with Crippen LogP contribution in [0, 0.1) is 0 Å². The molecule has 0 spiro atoms. The summed E-state index contributed by atoms with van der Waals surface area (Å²) in [5, 5.41) is 8.21. The smallest absolute Gasteiger partial charge is 0.271 e. The van der Waals surface area contributed by atoms with Crippen LogP contribution in [-0.2, 0) is 10.2 Å². The van der Waals surface area contributed by atoms with Gasteiger partial charge < -0.3 is 4.90 Å². The molecule has 0 saturated carbocycles. The van der Waals surface area contributed by atoms with E-state index in [1.54, 1.807) is 0 Å². The van der Waals surface area contributed by atoms with Gasteiger partial charge in [-0.3, -0.25) is 0 Å². The second-order valence-corrected chi connectivity index (χ2v) is 3.39. The summed E-state index contributed by atoms with van der Waals surface area (Å²) in [6.07, 6.45) is 0. The first-order valence-electron chi connectivity index (χ1n) is 3.87. The van der Waals surface area contributed by atoms with E-state index in [0.717, 1.165) is 0 Å². The van der Waals surface area contributed by atoms with Gasteiger partial charge in [0.1, 0.15) is 0 Å². The van der Waals surface area contributed by atoms with Gasteiger partial charge in [0.05, 0.1) is 0 Å². The first kappa shape index (κ1) is 14.4. The molecule has 0 amide bonds. The molecular formula is C6H19N3O2S. The first-order valence-corrected chi connectivity index (χ1v) is 5.48. The highest BCUT2D eigenvalue weighted by molar-refractivity contribution is 7.86. The van der Waals surface area contributed by atoms with Gasteiger partial charge in [-0.15, -0.1) is 0 Å². The number of nitrogens with two attached hydrogens (primary N) is 2. The summed E-state index contributed by atoms with van der Waals surface area (Å²) in [7, 11) is -3.67. The summed E-state index contributed by atoms with van der Waals surface area (Å²) in [5.74, 6) is 0. The van der Waals surface area contributed by atoms with Crippen LogP contribution in [-0.4, -0.2) is 33.0 Å². The van der Waals surface area contributed by atoms with E-state index in [1.807, 2.05) is 0 Å². The molecule has 12 heavy (non-hydrogen) atoms. The van der Waals surface area contributed by atoms with E-state index in [1.165, 1.54) is 19.6 Å². The van der Waals surface area contributed by atoms with Crippen LogP contribution in [0.2, 0.25) is 0 Å². The van der Waals surface area contributed by atoms with Crippen LogP contribution in [0.25, 0.3) is 0 Å². The third-order valence-electron chi connectivity index (χ3n) is 1.34. The van der Waals surface area contributed by atoms with Crippen LogP contribution in [0.3, 0.4) is 0 Å². The number of rotatable bonds is 3. The van der Waals surface area contributed by atoms with E-state index >= 15 is 0 Å². The number of hydrogen-bond donors (Lipinski definition) is 2. The Morgan fingerprint density at radius 3 is 1.17 bits per heavy atom. The van der Waals surface area contributed by atoms with Crippen molar-refractivity contribution in [1.29, 1.82) is 0 Å². The Labute approximate surface area is 74.9 Å². The van der Waals surface area contributed by atoms with Crippen molar-refractivity contribution in [2.45, 2.75) is 20.8 Å². The monoisotopic (exact) mass is 197 g/mol. The van der Waals surface area contributed by atoms with E-state index in [0.29, 0.717) is 0 Å². The van der Waals surface area contributed by atoms with E-state index in [2.05, 4.69) is 35.9 Å². The lowest BCUT2D eigenvalue weighted by atomic mass is 10.5. The summed E-state index contributed by atoms with van der Waals surface area (Å²) in [6.45, 7) is 10.1. The summed E-state index contributed by atoms with van der Waals surface area (Å²) >= 11 is 0. The van der Waals surface area contributed by atoms with Gasteiger partial charge in [0.2, 0.25) is 0 Å². The van der Waals surface area contributed by atoms with Crippen molar-refractivity contribution in [3.8, 4) is 0 Å². The lowest BCUT2D eigenvalue weighted by Crippen LogP contribution is -2.21. The summed E-state index contributed by atoms with van der Waals surface area (Å²) in [4.78, 5) is 2.38. The average molecular weight is 197 g/mol. The molecule has 0 aliphatic heterocycles. The van der Waals surface area contributed by atoms with Crippen molar-refractivity contribution in [3.05, 3.63) is 0 Å². The van der Waals surface area contributed by atoms with Crippen molar-refractivity contribution in [2.24, 2.45) is 10.3 Å². The standard InChI is InChI=1S/C6H15N.H4N2O2S/c1-4-7(5-2)6-3;1-5(2,3)4/h4-6H2,1-3H3;(H4,1,2,3,4). The fourth-order valence-electron chi connectivity index (χ4n) is 0.671. The minimum absolute atomic E-state index is 1.19. The zero-order chi connectivity index (χ0) is 10.2. The maximum Gasteiger partial charge on any atom is 0.271 e. The van der Waals surface area contributed by atoms with Crippen LogP contribution in [0.1, 0.15) is 20.8 Å². The molecule has 0 aromatic heterocycles. The average Bonchev–Trinajstić information content (AvgIpc) is 1.88. The fraction of sp³-hybridized carbons (Fsp3) is 1.00. The van der Waals surface area contributed by atoms with E-state index in [-0.39, 0.29) is 0 Å². The molecule has 4 N–H and O–H groups in total. The molecule has 0 saturated heterocycles. The summed E-state index contributed by atoms with van der Waals surface area (Å²) in [6, 6.07) is 0. The molecule has 0 bridgehead atoms. The predicted molar refractivity (Wildman–Crippen MR) is 50.8 cm³/mol. The van der Waals surface area contributed by atoms with E-state index < -0.39 is 10.2 Å². The molecule has 0 fully saturated rings. The highest BCUT2D eigenvalue weighted by Crippen LogP contribution is 1.81. The third kappa shape index (κ3) is 22.5. The summed E-state index contributed by atoms with van der Waals surface area (Å²) in [5.41, 5.74) is 0. The summed E-state index contributed by atoms with van der Waals surface area (Å²) < 4.78 is 18.4. The Bertz CT molecular complexity index is 162. The molecule has 0 aromatic rings. The largest absolute Gasteiger partial charge is 0.304 e. The molecule has 0 atom stereocenters. The molecule has 76 valence electrons. The zero-order valence-corrected chi connectivity index (χ0v) is 8.76. The maximum atomic E-state index is 9.19. The molecule has 0 aliphatic carbocycles. The molecule has 6 heteroatoms. The molecule has 0 radical (unpaired) electrons. The Hall–Kier alpha value is -0.170. The maximum absolute atomic E-state index is 9.19. The topological polar surface area (TPSA) is 89.4 Å². The minimum Gasteiger partial charge on any atom is -0.304 e. The Morgan fingerprint density at radius 1 is 1.00 bits per heavy atom. The van der Waals surface area contributed by atoms with Gasteiger partial charge in [-0.1, -0.05) is 20.8 Å². The van der Waals surface area contributed by atoms with Crippen molar-refractivity contribution in [1.82, 2.24) is 4.90 Å². The number of hydrogen-bond acceptors (Lipinski definition) is 3. The van der Waals surface area contributed by atoms with Crippen LogP contribution in [0.15, 0.2) is 0 Å². The lowest BCUT2D eigenvalue weighted by molar-refractivity contribution is 0.321. The number of nitrogens with zero attached hydrogens (tertiary/aromatic N) is 1. The van der Waals surface area contributed by atoms with Gasteiger partial charge in [-0.25, -0.2) is 10.3 Å². The first-order chi connectivity index (χ1) is 5.35. The van der Waals surface area contributed by atoms with Crippen LogP contribution in [0.4, 0.5) is 0 Å². The molecule has 0 rings (SSSR count). The molecular weight excluding hydrogens is 178 g/mol. The van der Waals surface area contributed by atoms with Gasteiger partial charge in [-0.05, 0) is 19.6 Å². The zero-order valence-electron chi connectivity index (χ0n) is 7.95. The van der Waals surface area contributed by atoms with Crippen LogP contribution >= 0.6 is 0 Å². The van der Waals surface area contributed by atoms with Crippen molar-refractivity contribution in [3.63, 3.8) is 0 Å². The highest BCUT2D eigenvalue weighted by atomic mass is 32.2. The van der Waals surface area contributed by atoms with Gasteiger partial charge in [0.25, 0.3) is 10.2 Å². The van der Waals surface area contributed by atoms with Crippen molar-refractivity contribution < 1.29 is 8.42 Å². The Balaban J connectivity index is 0. The highest BCUT2D eigenvalue weighted by Gasteiger charge is 1.89. The second kappa shape index (κ2) is 7.48. The van der Waals surface area contributed by atoms with Crippen LogP contribution < -0.4 is 10.3 Å². The van der Waals surface area contributed by atoms with E-state index in [4.69, 9.17) is 0 Å².